The SMILES string of the molecule is CC1=C(c2cc(C=O)nn2C)CN(C)CC1. The maximum Gasteiger partial charge on any atom is 0.170 e. The van der Waals surface area contributed by atoms with Crippen LogP contribution in [0.2, 0.25) is 0 Å². The van der Waals surface area contributed by atoms with E-state index in [1.807, 2.05) is 13.1 Å². The van der Waals surface area contributed by atoms with Crippen molar-refractivity contribution in [2.45, 2.75) is 13.3 Å². The topological polar surface area (TPSA) is 38.1 Å². The minimum Gasteiger partial charge on any atom is -0.302 e. The van der Waals surface area contributed by atoms with Crippen LogP contribution < -0.4 is 0 Å². The lowest BCUT2D eigenvalue weighted by molar-refractivity contribution is 0.111. The Bertz CT molecular complexity index is 445. The fourth-order valence-corrected chi connectivity index (χ4v) is 2.12. The van der Waals surface area contributed by atoms with Crippen LogP contribution in [-0.2, 0) is 7.05 Å². The Morgan fingerprint density at radius 2 is 2.19 bits per heavy atom. The third-order valence-electron chi connectivity index (χ3n) is 3.14. The van der Waals surface area contributed by atoms with Crippen molar-refractivity contribution < 1.29 is 4.79 Å². The summed E-state index contributed by atoms with van der Waals surface area (Å²) in [5.74, 6) is 0. The Kier molecular flexibility index (Phi) is 2.92. The quantitative estimate of drug-likeness (QED) is 0.704. The zero-order valence-corrected chi connectivity index (χ0v) is 10.0. The molecule has 86 valence electrons. The molecule has 4 nitrogen and oxygen atoms in total. The molecule has 0 radical (unpaired) electrons. The Morgan fingerprint density at radius 1 is 1.44 bits per heavy atom. The van der Waals surface area contributed by atoms with Gasteiger partial charge in [0.25, 0.3) is 0 Å². The Labute approximate surface area is 95.5 Å². The van der Waals surface area contributed by atoms with Crippen molar-refractivity contribution in [3.63, 3.8) is 0 Å². The highest BCUT2D eigenvalue weighted by Gasteiger charge is 2.18. The average molecular weight is 219 g/mol. The number of carbonyl (C=O) groups excluding carboxylic acids is 1. The first-order valence-electron chi connectivity index (χ1n) is 5.48. The zero-order chi connectivity index (χ0) is 11.7. The van der Waals surface area contributed by atoms with Crippen LogP contribution >= 0.6 is 0 Å². The Balaban J connectivity index is 2.42. The molecule has 0 N–H and O–H groups in total. The molecular formula is C12H17N3O. The molecule has 0 unspecified atom stereocenters. The van der Waals surface area contributed by atoms with Crippen molar-refractivity contribution in [2.24, 2.45) is 7.05 Å². The summed E-state index contributed by atoms with van der Waals surface area (Å²) in [6.45, 7) is 4.20. The molecule has 0 atom stereocenters. The molecular weight excluding hydrogens is 202 g/mol. The van der Waals surface area contributed by atoms with Gasteiger partial charge in [-0.1, -0.05) is 5.57 Å². The molecule has 1 aromatic heterocycles. The van der Waals surface area contributed by atoms with Crippen LogP contribution in [0.4, 0.5) is 0 Å². The van der Waals surface area contributed by atoms with Crippen LogP contribution in [0.15, 0.2) is 11.6 Å². The van der Waals surface area contributed by atoms with E-state index < -0.39 is 0 Å². The number of aromatic nitrogens is 2. The number of nitrogens with zero attached hydrogens (tertiary/aromatic N) is 3. The van der Waals surface area contributed by atoms with Crippen LogP contribution in [0.25, 0.3) is 5.57 Å². The van der Waals surface area contributed by atoms with Crippen LogP contribution in [0.5, 0.6) is 0 Å². The average Bonchev–Trinajstić information content (AvgIpc) is 2.63. The molecule has 1 aromatic rings. The summed E-state index contributed by atoms with van der Waals surface area (Å²) < 4.78 is 1.79. The number of carbonyl (C=O) groups is 1. The maximum atomic E-state index is 10.7. The summed E-state index contributed by atoms with van der Waals surface area (Å²) in [4.78, 5) is 13.0. The Morgan fingerprint density at radius 3 is 2.81 bits per heavy atom. The van der Waals surface area contributed by atoms with Gasteiger partial charge in [-0.05, 0) is 32.0 Å². The van der Waals surface area contributed by atoms with Crippen LogP contribution in [0.1, 0.15) is 29.5 Å². The molecule has 2 rings (SSSR count). The van der Waals surface area contributed by atoms with Crippen molar-refractivity contribution in [3.05, 3.63) is 23.0 Å². The van der Waals surface area contributed by atoms with E-state index in [1.54, 1.807) is 4.68 Å². The lowest BCUT2D eigenvalue weighted by Gasteiger charge is -2.26. The van der Waals surface area contributed by atoms with E-state index in [1.165, 1.54) is 11.1 Å². The lowest BCUT2D eigenvalue weighted by Crippen LogP contribution is -2.27. The van der Waals surface area contributed by atoms with Gasteiger partial charge in [-0.2, -0.15) is 5.10 Å². The molecule has 0 aromatic carbocycles. The van der Waals surface area contributed by atoms with Gasteiger partial charge in [0, 0.05) is 20.1 Å². The maximum absolute atomic E-state index is 10.7. The van der Waals surface area contributed by atoms with Crippen LogP contribution in [-0.4, -0.2) is 41.1 Å². The summed E-state index contributed by atoms with van der Waals surface area (Å²) in [7, 11) is 4.00. The summed E-state index contributed by atoms with van der Waals surface area (Å²) >= 11 is 0. The molecule has 4 heteroatoms. The van der Waals surface area contributed by atoms with E-state index in [9.17, 15) is 4.79 Å². The van der Waals surface area contributed by atoms with Gasteiger partial charge >= 0.3 is 0 Å². The summed E-state index contributed by atoms with van der Waals surface area (Å²) in [5, 5.41) is 4.16. The Hall–Kier alpha value is -1.42. The minimum absolute atomic E-state index is 0.506. The molecule has 0 bridgehead atoms. The van der Waals surface area contributed by atoms with E-state index in [2.05, 4.69) is 24.0 Å². The van der Waals surface area contributed by atoms with Crippen molar-refractivity contribution in [3.8, 4) is 0 Å². The number of hydrogen-bond acceptors (Lipinski definition) is 3. The fourth-order valence-electron chi connectivity index (χ4n) is 2.12. The van der Waals surface area contributed by atoms with E-state index in [-0.39, 0.29) is 0 Å². The van der Waals surface area contributed by atoms with Crippen molar-refractivity contribution >= 4 is 11.9 Å². The van der Waals surface area contributed by atoms with E-state index in [0.29, 0.717) is 5.69 Å². The van der Waals surface area contributed by atoms with Gasteiger partial charge in [0.15, 0.2) is 6.29 Å². The second-order valence-electron chi connectivity index (χ2n) is 4.44. The van der Waals surface area contributed by atoms with E-state index in [4.69, 9.17) is 0 Å². The molecule has 16 heavy (non-hydrogen) atoms. The highest BCUT2D eigenvalue weighted by Crippen LogP contribution is 2.25. The van der Waals surface area contributed by atoms with Gasteiger partial charge in [0.1, 0.15) is 5.69 Å². The molecule has 0 saturated carbocycles. The molecule has 0 amide bonds. The number of aryl methyl sites for hydroxylation is 1. The predicted octanol–water partition coefficient (Wildman–Crippen LogP) is 1.34. The van der Waals surface area contributed by atoms with Crippen molar-refractivity contribution in [1.29, 1.82) is 0 Å². The summed E-state index contributed by atoms with van der Waals surface area (Å²) in [5.41, 5.74) is 4.27. The summed E-state index contributed by atoms with van der Waals surface area (Å²) in [6.07, 6.45) is 1.89. The number of likely N-dealkylation sites (N-methyl/N-ethyl adjacent to an activating group) is 1. The number of aldehydes is 1. The van der Waals surface area contributed by atoms with Gasteiger partial charge in [-0.25, -0.2) is 0 Å². The van der Waals surface area contributed by atoms with Gasteiger partial charge in [-0.15, -0.1) is 0 Å². The third-order valence-corrected chi connectivity index (χ3v) is 3.14. The van der Waals surface area contributed by atoms with Gasteiger partial charge in [0.2, 0.25) is 0 Å². The standard InChI is InChI=1S/C12H17N3O/c1-9-4-5-14(2)7-11(9)12-6-10(8-16)13-15(12)3/h6,8H,4-5,7H2,1-3H3. The normalized spacial score (nSPS) is 17.9. The third kappa shape index (κ3) is 1.93. The van der Waals surface area contributed by atoms with E-state index in [0.717, 1.165) is 31.5 Å². The lowest BCUT2D eigenvalue weighted by atomic mass is 9.99. The summed E-state index contributed by atoms with van der Waals surface area (Å²) in [6, 6.07) is 1.87. The van der Waals surface area contributed by atoms with Crippen molar-refractivity contribution in [2.75, 3.05) is 20.1 Å². The molecule has 0 spiro atoms. The first-order chi connectivity index (χ1) is 7.61. The first kappa shape index (κ1) is 11.1. The smallest absolute Gasteiger partial charge is 0.170 e. The number of rotatable bonds is 2. The molecule has 0 aliphatic carbocycles. The highest BCUT2D eigenvalue weighted by molar-refractivity contribution is 5.76. The second kappa shape index (κ2) is 4.22. The number of hydrogen-bond donors (Lipinski definition) is 0. The molecule has 1 aliphatic heterocycles. The highest BCUT2D eigenvalue weighted by atomic mass is 16.1. The van der Waals surface area contributed by atoms with Crippen LogP contribution in [0.3, 0.4) is 0 Å². The fraction of sp³-hybridized carbons (Fsp3) is 0.500. The van der Waals surface area contributed by atoms with Gasteiger partial charge in [0.05, 0.1) is 5.69 Å². The van der Waals surface area contributed by atoms with Gasteiger partial charge < -0.3 is 4.90 Å². The zero-order valence-electron chi connectivity index (χ0n) is 10.0. The monoisotopic (exact) mass is 219 g/mol. The first-order valence-corrected chi connectivity index (χ1v) is 5.48. The molecule has 1 aliphatic rings. The molecule has 0 fully saturated rings. The van der Waals surface area contributed by atoms with Gasteiger partial charge in [-0.3, -0.25) is 9.48 Å². The predicted molar refractivity (Wildman–Crippen MR) is 63.3 cm³/mol. The molecule has 0 saturated heterocycles. The van der Waals surface area contributed by atoms with Crippen molar-refractivity contribution in [1.82, 2.24) is 14.7 Å². The molecule has 2 heterocycles. The largest absolute Gasteiger partial charge is 0.302 e. The van der Waals surface area contributed by atoms with E-state index >= 15 is 0 Å². The minimum atomic E-state index is 0.506. The second-order valence-corrected chi connectivity index (χ2v) is 4.44. The van der Waals surface area contributed by atoms with Crippen LogP contribution in [0, 0.1) is 0 Å².